The van der Waals surface area contributed by atoms with E-state index in [0.29, 0.717) is 6.54 Å². The molecule has 1 fully saturated rings. The Morgan fingerprint density at radius 3 is 2.27 bits per heavy atom. The first kappa shape index (κ1) is 23.9. The molecule has 0 aliphatic carbocycles. The zero-order valence-corrected chi connectivity index (χ0v) is 19.0. The van der Waals surface area contributed by atoms with E-state index in [4.69, 9.17) is 33.3 Å². The summed E-state index contributed by atoms with van der Waals surface area (Å²) in [6.45, 7) is 2.89. The summed E-state index contributed by atoms with van der Waals surface area (Å²) in [5.74, 6) is -1.54. The maximum Gasteiger partial charge on any atom is 0.573 e. The van der Waals surface area contributed by atoms with Crippen LogP contribution in [0.1, 0.15) is 40.7 Å². The SMILES string of the molecule is O=C(O)c1ccc(C2=NCC3(CCN(Cc4cc(Cl)c(OC(F)(F)F)c(Cl)c4)CC3)C2)cc1. The number of carboxylic acid groups (broad SMARTS) is 1. The van der Waals surface area contributed by atoms with Gasteiger partial charge in [-0.15, -0.1) is 13.2 Å². The quantitative estimate of drug-likeness (QED) is 0.541. The van der Waals surface area contributed by atoms with E-state index in [9.17, 15) is 18.0 Å². The summed E-state index contributed by atoms with van der Waals surface area (Å²) >= 11 is 12.0. The first-order valence-corrected chi connectivity index (χ1v) is 11.1. The molecule has 2 aromatic rings. The van der Waals surface area contributed by atoms with E-state index in [1.165, 1.54) is 12.1 Å². The molecule has 4 rings (SSSR count). The van der Waals surface area contributed by atoms with Gasteiger partial charge in [0.2, 0.25) is 0 Å². The van der Waals surface area contributed by atoms with Crippen molar-refractivity contribution in [1.82, 2.24) is 4.90 Å². The van der Waals surface area contributed by atoms with Crippen molar-refractivity contribution >= 4 is 34.9 Å². The number of rotatable bonds is 5. The van der Waals surface area contributed by atoms with Crippen LogP contribution in [-0.4, -0.2) is 47.7 Å². The van der Waals surface area contributed by atoms with Gasteiger partial charge in [-0.25, -0.2) is 4.79 Å². The molecule has 1 spiro atoms. The summed E-state index contributed by atoms with van der Waals surface area (Å²) in [4.78, 5) is 18.0. The van der Waals surface area contributed by atoms with E-state index in [0.717, 1.165) is 55.7 Å². The third kappa shape index (κ3) is 5.62. The summed E-state index contributed by atoms with van der Waals surface area (Å²) in [6, 6.07) is 9.70. The molecular weight excluding hydrogens is 480 g/mol. The smallest absolute Gasteiger partial charge is 0.478 e. The highest BCUT2D eigenvalue weighted by molar-refractivity contribution is 6.37. The molecule has 0 radical (unpaired) electrons. The van der Waals surface area contributed by atoms with E-state index in [-0.39, 0.29) is 21.0 Å². The highest BCUT2D eigenvalue weighted by Gasteiger charge is 2.39. The zero-order valence-electron chi connectivity index (χ0n) is 17.5. The number of ether oxygens (including phenoxy) is 1. The number of halogens is 5. The van der Waals surface area contributed by atoms with E-state index in [1.807, 2.05) is 0 Å². The minimum atomic E-state index is -4.86. The second kappa shape index (κ2) is 9.16. The van der Waals surface area contributed by atoms with Crippen molar-refractivity contribution in [2.75, 3.05) is 19.6 Å². The number of alkyl halides is 3. The number of aliphatic imine (C=N–C) groups is 1. The fourth-order valence-electron chi connectivity index (χ4n) is 4.42. The van der Waals surface area contributed by atoms with Crippen molar-refractivity contribution in [1.29, 1.82) is 0 Å². The molecule has 10 heteroatoms. The Morgan fingerprint density at radius 1 is 1.12 bits per heavy atom. The van der Waals surface area contributed by atoms with E-state index < -0.39 is 18.1 Å². The Morgan fingerprint density at radius 2 is 1.73 bits per heavy atom. The summed E-state index contributed by atoms with van der Waals surface area (Å²) in [5.41, 5.74) is 3.00. The van der Waals surface area contributed by atoms with Gasteiger partial charge in [0.15, 0.2) is 5.75 Å². The molecule has 33 heavy (non-hydrogen) atoms. The first-order chi connectivity index (χ1) is 15.5. The lowest BCUT2D eigenvalue weighted by atomic mass is 9.75. The van der Waals surface area contributed by atoms with Crippen molar-refractivity contribution in [3.8, 4) is 5.75 Å². The van der Waals surface area contributed by atoms with Gasteiger partial charge in [0, 0.05) is 18.8 Å². The predicted molar refractivity (Wildman–Crippen MR) is 120 cm³/mol. The van der Waals surface area contributed by atoms with Crippen LogP contribution in [-0.2, 0) is 6.54 Å². The van der Waals surface area contributed by atoms with Crippen LogP contribution in [0.5, 0.6) is 5.75 Å². The molecule has 1 saturated heterocycles. The molecule has 0 aromatic heterocycles. The van der Waals surface area contributed by atoms with Gasteiger partial charge in [-0.05, 0) is 73.2 Å². The van der Waals surface area contributed by atoms with Gasteiger partial charge in [-0.3, -0.25) is 9.89 Å². The van der Waals surface area contributed by atoms with E-state index >= 15 is 0 Å². The van der Waals surface area contributed by atoms with Crippen LogP contribution in [0.3, 0.4) is 0 Å². The number of hydrogen-bond donors (Lipinski definition) is 1. The number of piperidine rings is 1. The predicted octanol–water partition coefficient (Wildman–Crippen LogP) is 6.07. The Balaban J connectivity index is 1.35. The van der Waals surface area contributed by atoms with Crippen LogP contribution in [0.15, 0.2) is 41.4 Å². The van der Waals surface area contributed by atoms with Crippen molar-refractivity contribution < 1.29 is 27.8 Å². The highest BCUT2D eigenvalue weighted by Crippen LogP contribution is 2.42. The Labute approximate surface area is 198 Å². The van der Waals surface area contributed by atoms with Crippen molar-refractivity contribution in [3.05, 3.63) is 63.1 Å². The molecule has 5 nitrogen and oxygen atoms in total. The monoisotopic (exact) mass is 500 g/mol. The van der Waals surface area contributed by atoms with Gasteiger partial charge in [0.05, 0.1) is 15.6 Å². The van der Waals surface area contributed by atoms with Crippen molar-refractivity contribution in [2.45, 2.75) is 32.2 Å². The minimum absolute atomic E-state index is 0.0804. The van der Waals surface area contributed by atoms with Crippen LogP contribution < -0.4 is 4.74 Å². The Hall–Kier alpha value is -2.29. The summed E-state index contributed by atoms with van der Waals surface area (Å²) in [7, 11) is 0. The maximum absolute atomic E-state index is 12.5. The molecular formula is C23H21Cl2F3N2O3. The number of carbonyl (C=O) groups is 1. The Bertz CT molecular complexity index is 1060. The maximum atomic E-state index is 12.5. The summed E-state index contributed by atoms with van der Waals surface area (Å²) in [6.07, 6.45) is -2.15. The molecule has 0 unspecified atom stereocenters. The molecule has 0 bridgehead atoms. The molecule has 0 amide bonds. The second-order valence-electron chi connectivity index (χ2n) is 8.53. The average molecular weight is 501 g/mol. The number of nitrogens with zero attached hydrogens (tertiary/aromatic N) is 2. The first-order valence-electron chi connectivity index (χ1n) is 10.4. The lowest BCUT2D eigenvalue weighted by Crippen LogP contribution is -2.40. The molecule has 1 N–H and O–H groups in total. The van der Waals surface area contributed by atoms with Gasteiger partial charge in [-0.2, -0.15) is 0 Å². The third-order valence-electron chi connectivity index (χ3n) is 6.21. The second-order valence-corrected chi connectivity index (χ2v) is 9.35. The average Bonchev–Trinajstić information content (AvgIpc) is 3.16. The molecule has 0 atom stereocenters. The molecule has 0 saturated carbocycles. The van der Waals surface area contributed by atoms with Crippen LogP contribution in [0.25, 0.3) is 0 Å². The lowest BCUT2D eigenvalue weighted by Gasteiger charge is -2.39. The van der Waals surface area contributed by atoms with Crippen molar-refractivity contribution in [2.24, 2.45) is 10.4 Å². The van der Waals surface area contributed by atoms with Gasteiger partial charge in [0.1, 0.15) is 0 Å². The topological polar surface area (TPSA) is 62.1 Å². The normalized spacial score (nSPS) is 18.4. The molecule has 2 heterocycles. The summed E-state index contributed by atoms with van der Waals surface area (Å²) in [5, 5.41) is 8.71. The number of hydrogen-bond acceptors (Lipinski definition) is 4. The zero-order chi connectivity index (χ0) is 23.8. The summed E-state index contributed by atoms with van der Waals surface area (Å²) < 4.78 is 41.5. The standard InChI is InChI=1S/C23H21Cl2F3N2O3/c24-17-9-14(10-18(25)20(17)33-23(26,27)28)12-30-7-5-22(6-8-30)11-19(29-13-22)15-1-3-16(4-2-15)21(31)32/h1-4,9-10H,5-8,11-13H2,(H,31,32). The van der Waals surface area contributed by atoms with Gasteiger partial charge < -0.3 is 9.84 Å². The van der Waals surface area contributed by atoms with Gasteiger partial charge in [-0.1, -0.05) is 35.3 Å². The highest BCUT2D eigenvalue weighted by atomic mass is 35.5. The van der Waals surface area contributed by atoms with Gasteiger partial charge >= 0.3 is 12.3 Å². The number of carboxylic acids is 1. The van der Waals surface area contributed by atoms with E-state index in [1.54, 1.807) is 24.3 Å². The largest absolute Gasteiger partial charge is 0.573 e. The molecule has 2 aliphatic heterocycles. The van der Waals surface area contributed by atoms with Crippen molar-refractivity contribution in [3.63, 3.8) is 0 Å². The molecule has 2 aromatic carbocycles. The number of benzene rings is 2. The van der Waals surface area contributed by atoms with Crippen LogP contribution in [0.2, 0.25) is 10.0 Å². The van der Waals surface area contributed by atoms with Crippen LogP contribution in [0.4, 0.5) is 13.2 Å². The van der Waals surface area contributed by atoms with E-state index in [2.05, 4.69) is 9.64 Å². The third-order valence-corrected chi connectivity index (χ3v) is 6.77. The number of aromatic carboxylic acids is 1. The number of likely N-dealkylation sites (tertiary alicyclic amines) is 1. The van der Waals surface area contributed by atoms with Gasteiger partial charge in [0.25, 0.3) is 0 Å². The lowest BCUT2D eigenvalue weighted by molar-refractivity contribution is -0.274. The Kier molecular flexibility index (Phi) is 6.62. The minimum Gasteiger partial charge on any atom is -0.478 e. The van der Waals surface area contributed by atoms with Crippen LogP contribution >= 0.6 is 23.2 Å². The fraction of sp³-hybridized carbons (Fsp3) is 0.391. The molecule has 176 valence electrons. The fourth-order valence-corrected chi connectivity index (χ4v) is 5.03. The van der Waals surface area contributed by atoms with Crippen LogP contribution in [0, 0.1) is 5.41 Å². The molecule has 2 aliphatic rings.